The average Bonchev–Trinajstić information content (AvgIpc) is 2.76. The van der Waals surface area contributed by atoms with Crippen molar-refractivity contribution < 1.29 is 0 Å². The van der Waals surface area contributed by atoms with Gasteiger partial charge in [-0.1, -0.05) is 56.9 Å². The summed E-state index contributed by atoms with van der Waals surface area (Å²) < 4.78 is 0. The normalized spacial score (nSPS) is 20.4. The second kappa shape index (κ2) is 7.83. The molecule has 1 aliphatic rings. The van der Waals surface area contributed by atoms with Crippen LogP contribution in [0.5, 0.6) is 0 Å². The summed E-state index contributed by atoms with van der Waals surface area (Å²) in [6.45, 7) is 6.89. The minimum atomic E-state index is 0.458. The zero-order chi connectivity index (χ0) is 14.4. The number of hydrogen-bond acceptors (Lipinski definition) is 1. The summed E-state index contributed by atoms with van der Waals surface area (Å²) in [5, 5.41) is 3.83. The van der Waals surface area contributed by atoms with Crippen molar-refractivity contribution in [2.24, 2.45) is 5.92 Å². The lowest BCUT2D eigenvalue weighted by atomic mass is 9.92. The van der Waals surface area contributed by atoms with Crippen LogP contribution in [0.4, 0.5) is 0 Å². The number of hydrogen-bond donors (Lipinski definition) is 1. The summed E-state index contributed by atoms with van der Waals surface area (Å²) in [6.07, 6.45) is 9.69. The molecule has 1 nitrogen and oxygen atoms in total. The zero-order valence-electron chi connectivity index (χ0n) is 13.5. The fourth-order valence-corrected chi connectivity index (χ4v) is 3.48. The molecule has 0 spiro atoms. The van der Waals surface area contributed by atoms with Crippen LogP contribution in [0, 0.1) is 5.92 Å². The van der Waals surface area contributed by atoms with Gasteiger partial charge in [-0.05, 0) is 50.2 Å². The largest absolute Gasteiger partial charge is 0.307 e. The third-order valence-electron chi connectivity index (χ3n) is 5.01. The standard InChI is InChI=1S/C19H31N/c1-4-17-11-13-19(14-12-17)16(3)20-15(2)18-9-7-5-6-8-10-18/h11-16,18,20H,4-10H2,1-3H3/t15-,16?/m1/s1. The van der Waals surface area contributed by atoms with Crippen molar-refractivity contribution in [3.05, 3.63) is 35.4 Å². The van der Waals surface area contributed by atoms with E-state index in [2.05, 4.69) is 50.4 Å². The molecule has 0 heterocycles. The SMILES string of the molecule is CCc1ccc(C(C)N[C@H](C)C2CCCCCC2)cc1. The lowest BCUT2D eigenvalue weighted by molar-refractivity contribution is 0.316. The highest BCUT2D eigenvalue weighted by Crippen LogP contribution is 2.27. The first kappa shape index (κ1) is 15.6. The lowest BCUT2D eigenvalue weighted by Gasteiger charge is -2.27. The number of rotatable bonds is 5. The summed E-state index contributed by atoms with van der Waals surface area (Å²) in [6, 6.07) is 10.2. The first-order valence-electron chi connectivity index (χ1n) is 8.55. The van der Waals surface area contributed by atoms with Crippen molar-refractivity contribution in [2.45, 2.75) is 77.8 Å². The Bertz CT molecular complexity index is 373. The van der Waals surface area contributed by atoms with Crippen LogP contribution < -0.4 is 5.32 Å². The number of nitrogens with one attached hydrogen (secondary N) is 1. The Labute approximate surface area is 125 Å². The van der Waals surface area contributed by atoms with E-state index in [1.54, 1.807) is 0 Å². The van der Waals surface area contributed by atoms with Gasteiger partial charge in [-0.15, -0.1) is 0 Å². The monoisotopic (exact) mass is 273 g/mol. The Hall–Kier alpha value is -0.820. The Kier molecular flexibility index (Phi) is 6.09. The van der Waals surface area contributed by atoms with Crippen molar-refractivity contribution >= 4 is 0 Å². The van der Waals surface area contributed by atoms with E-state index in [1.807, 2.05) is 0 Å². The third-order valence-corrected chi connectivity index (χ3v) is 5.01. The quantitative estimate of drug-likeness (QED) is 0.722. The summed E-state index contributed by atoms with van der Waals surface area (Å²) in [5.74, 6) is 0.870. The topological polar surface area (TPSA) is 12.0 Å². The molecule has 1 aromatic carbocycles. The third kappa shape index (κ3) is 4.34. The van der Waals surface area contributed by atoms with E-state index in [9.17, 15) is 0 Å². The van der Waals surface area contributed by atoms with Gasteiger partial charge in [-0.2, -0.15) is 0 Å². The molecule has 0 saturated heterocycles. The molecule has 1 aliphatic carbocycles. The highest BCUT2D eigenvalue weighted by Gasteiger charge is 2.20. The van der Waals surface area contributed by atoms with E-state index in [0.29, 0.717) is 12.1 Å². The second-order valence-electron chi connectivity index (χ2n) is 6.52. The van der Waals surface area contributed by atoms with Gasteiger partial charge >= 0.3 is 0 Å². The predicted molar refractivity (Wildman–Crippen MR) is 88.0 cm³/mol. The van der Waals surface area contributed by atoms with Crippen molar-refractivity contribution in [1.82, 2.24) is 5.32 Å². The van der Waals surface area contributed by atoms with E-state index >= 15 is 0 Å². The molecule has 2 atom stereocenters. The fourth-order valence-electron chi connectivity index (χ4n) is 3.48. The van der Waals surface area contributed by atoms with E-state index in [4.69, 9.17) is 0 Å². The van der Waals surface area contributed by atoms with Crippen LogP contribution >= 0.6 is 0 Å². The van der Waals surface area contributed by atoms with Crippen molar-refractivity contribution in [3.63, 3.8) is 0 Å². The molecular formula is C19H31N. The lowest BCUT2D eigenvalue weighted by Crippen LogP contribution is -2.35. The van der Waals surface area contributed by atoms with Crippen LogP contribution in [0.15, 0.2) is 24.3 Å². The first-order chi connectivity index (χ1) is 9.70. The number of aryl methyl sites for hydroxylation is 1. The van der Waals surface area contributed by atoms with Crippen LogP contribution in [0.3, 0.4) is 0 Å². The summed E-state index contributed by atoms with van der Waals surface area (Å²) in [4.78, 5) is 0. The Morgan fingerprint density at radius 3 is 2.15 bits per heavy atom. The van der Waals surface area contributed by atoms with Crippen LogP contribution in [-0.2, 0) is 6.42 Å². The highest BCUT2D eigenvalue weighted by atomic mass is 14.9. The first-order valence-corrected chi connectivity index (χ1v) is 8.55. The molecule has 1 unspecified atom stereocenters. The molecule has 0 radical (unpaired) electrons. The van der Waals surface area contributed by atoms with Gasteiger partial charge in [-0.25, -0.2) is 0 Å². The second-order valence-corrected chi connectivity index (χ2v) is 6.52. The molecule has 20 heavy (non-hydrogen) atoms. The fraction of sp³-hybridized carbons (Fsp3) is 0.684. The number of benzene rings is 1. The molecule has 1 N–H and O–H groups in total. The van der Waals surface area contributed by atoms with Crippen LogP contribution in [0.1, 0.15) is 76.5 Å². The smallest absolute Gasteiger partial charge is 0.0294 e. The average molecular weight is 273 g/mol. The Balaban J connectivity index is 1.89. The van der Waals surface area contributed by atoms with Gasteiger partial charge in [0.2, 0.25) is 0 Å². The molecule has 1 heteroatoms. The van der Waals surface area contributed by atoms with E-state index in [-0.39, 0.29) is 0 Å². The maximum atomic E-state index is 3.83. The van der Waals surface area contributed by atoms with Gasteiger partial charge in [0, 0.05) is 12.1 Å². The molecule has 1 aromatic rings. The Morgan fingerprint density at radius 1 is 1.00 bits per heavy atom. The van der Waals surface area contributed by atoms with Gasteiger partial charge in [-0.3, -0.25) is 0 Å². The van der Waals surface area contributed by atoms with Crippen molar-refractivity contribution in [3.8, 4) is 0 Å². The molecule has 112 valence electrons. The Morgan fingerprint density at radius 2 is 1.60 bits per heavy atom. The summed E-state index contributed by atoms with van der Waals surface area (Å²) in [5.41, 5.74) is 2.85. The van der Waals surface area contributed by atoms with E-state index in [1.165, 1.54) is 49.7 Å². The predicted octanol–water partition coefficient (Wildman–Crippen LogP) is 5.26. The van der Waals surface area contributed by atoms with Crippen LogP contribution in [-0.4, -0.2) is 6.04 Å². The molecular weight excluding hydrogens is 242 g/mol. The molecule has 0 aromatic heterocycles. The van der Waals surface area contributed by atoms with Crippen LogP contribution in [0.25, 0.3) is 0 Å². The minimum Gasteiger partial charge on any atom is -0.307 e. The van der Waals surface area contributed by atoms with E-state index in [0.717, 1.165) is 12.3 Å². The molecule has 0 bridgehead atoms. The zero-order valence-corrected chi connectivity index (χ0v) is 13.5. The maximum Gasteiger partial charge on any atom is 0.0294 e. The summed E-state index contributed by atoms with van der Waals surface area (Å²) >= 11 is 0. The van der Waals surface area contributed by atoms with Crippen LogP contribution in [0.2, 0.25) is 0 Å². The highest BCUT2D eigenvalue weighted by molar-refractivity contribution is 5.24. The van der Waals surface area contributed by atoms with Gasteiger partial charge < -0.3 is 5.32 Å². The van der Waals surface area contributed by atoms with Gasteiger partial charge in [0.15, 0.2) is 0 Å². The minimum absolute atomic E-state index is 0.458. The van der Waals surface area contributed by atoms with E-state index < -0.39 is 0 Å². The maximum absolute atomic E-state index is 3.83. The molecule has 0 amide bonds. The molecule has 0 aliphatic heterocycles. The van der Waals surface area contributed by atoms with Gasteiger partial charge in [0.25, 0.3) is 0 Å². The summed E-state index contributed by atoms with van der Waals surface area (Å²) in [7, 11) is 0. The van der Waals surface area contributed by atoms with Crippen molar-refractivity contribution in [2.75, 3.05) is 0 Å². The molecule has 1 fully saturated rings. The molecule has 2 rings (SSSR count). The van der Waals surface area contributed by atoms with Gasteiger partial charge in [0.1, 0.15) is 0 Å². The van der Waals surface area contributed by atoms with Crippen molar-refractivity contribution in [1.29, 1.82) is 0 Å². The van der Waals surface area contributed by atoms with Gasteiger partial charge in [0.05, 0.1) is 0 Å². The molecule has 1 saturated carbocycles.